The van der Waals surface area contributed by atoms with Crippen molar-refractivity contribution in [3.8, 4) is 0 Å². The first-order valence-corrected chi connectivity index (χ1v) is 5.90. The van der Waals surface area contributed by atoms with Gasteiger partial charge in [-0.15, -0.1) is 11.6 Å². The third-order valence-electron chi connectivity index (χ3n) is 2.69. The molecule has 0 bridgehead atoms. The van der Waals surface area contributed by atoms with E-state index in [0.717, 1.165) is 44.6 Å². The maximum atomic E-state index is 5.77. The Hall–Kier alpha value is 0.170. The van der Waals surface area contributed by atoms with E-state index in [4.69, 9.17) is 25.8 Å². The van der Waals surface area contributed by atoms with Gasteiger partial charge in [-0.2, -0.15) is 0 Å². The van der Waals surface area contributed by atoms with Crippen molar-refractivity contribution in [2.45, 2.75) is 44.2 Å². The summed E-state index contributed by atoms with van der Waals surface area (Å²) in [5.41, 5.74) is 0. The van der Waals surface area contributed by atoms with Crippen molar-refractivity contribution in [3.63, 3.8) is 0 Å². The predicted molar refractivity (Wildman–Crippen MR) is 53.3 cm³/mol. The van der Waals surface area contributed by atoms with Gasteiger partial charge in [0.25, 0.3) is 5.97 Å². The first-order chi connectivity index (χ1) is 6.85. The Bertz CT molecular complexity index is 180. The van der Waals surface area contributed by atoms with Crippen LogP contribution in [0, 0.1) is 0 Å². The van der Waals surface area contributed by atoms with Crippen molar-refractivity contribution < 1.29 is 14.2 Å². The fraction of sp³-hybridized carbons (Fsp3) is 1.00. The second-order valence-electron chi connectivity index (χ2n) is 3.87. The zero-order chi connectivity index (χ0) is 9.86. The average Bonchev–Trinajstić information content (AvgIpc) is 2.79. The molecule has 0 N–H and O–H groups in total. The Morgan fingerprint density at radius 3 is 2.93 bits per heavy atom. The molecule has 0 aromatic carbocycles. The molecule has 1 spiro atoms. The quantitative estimate of drug-likeness (QED) is 0.538. The number of ether oxygens (including phenoxy) is 3. The standard InChI is InChI=1S/C10H17ClO3/c11-6-2-1-4-9-8-13-10(14-9)5-3-7-12-10/h9H,1-8H2. The third kappa shape index (κ3) is 2.40. The van der Waals surface area contributed by atoms with Crippen molar-refractivity contribution in [1.82, 2.24) is 0 Å². The van der Waals surface area contributed by atoms with Gasteiger partial charge in [0.1, 0.15) is 0 Å². The SMILES string of the molecule is ClCCCCC1COC2(CCCO2)O1. The van der Waals surface area contributed by atoms with Crippen LogP contribution in [0.1, 0.15) is 32.1 Å². The summed E-state index contributed by atoms with van der Waals surface area (Å²) in [4.78, 5) is 0. The van der Waals surface area contributed by atoms with E-state index in [1.165, 1.54) is 0 Å². The van der Waals surface area contributed by atoms with Gasteiger partial charge < -0.3 is 14.2 Å². The van der Waals surface area contributed by atoms with Gasteiger partial charge in [-0.05, 0) is 25.7 Å². The van der Waals surface area contributed by atoms with Crippen molar-refractivity contribution in [2.75, 3.05) is 19.1 Å². The highest BCUT2D eigenvalue weighted by Gasteiger charge is 2.45. The van der Waals surface area contributed by atoms with Gasteiger partial charge in [-0.1, -0.05) is 0 Å². The summed E-state index contributed by atoms with van der Waals surface area (Å²) in [6, 6.07) is 0. The average molecular weight is 221 g/mol. The maximum absolute atomic E-state index is 5.77. The highest BCUT2D eigenvalue weighted by molar-refractivity contribution is 6.17. The van der Waals surface area contributed by atoms with E-state index in [9.17, 15) is 0 Å². The molecule has 2 unspecified atom stereocenters. The molecule has 0 radical (unpaired) electrons. The molecule has 2 saturated heterocycles. The largest absolute Gasteiger partial charge is 0.327 e. The van der Waals surface area contributed by atoms with Gasteiger partial charge in [-0.25, -0.2) is 0 Å². The van der Waals surface area contributed by atoms with E-state index in [-0.39, 0.29) is 6.10 Å². The minimum atomic E-state index is -0.675. The van der Waals surface area contributed by atoms with Crippen LogP contribution in [0.5, 0.6) is 0 Å². The normalized spacial score (nSPS) is 37.1. The molecular weight excluding hydrogens is 204 g/mol. The van der Waals surface area contributed by atoms with E-state index in [2.05, 4.69) is 0 Å². The Labute approximate surface area is 89.7 Å². The molecule has 0 aromatic heterocycles. The van der Waals surface area contributed by atoms with Gasteiger partial charge in [0.2, 0.25) is 0 Å². The van der Waals surface area contributed by atoms with Crippen LogP contribution in [0.25, 0.3) is 0 Å². The van der Waals surface area contributed by atoms with Crippen molar-refractivity contribution in [1.29, 1.82) is 0 Å². The second kappa shape index (κ2) is 4.79. The Morgan fingerprint density at radius 2 is 2.21 bits per heavy atom. The van der Waals surface area contributed by atoms with E-state index in [0.29, 0.717) is 6.61 Å². The number of alkyl halides is 1. The zero-order valence-corrected chi connectivity index (χ0v) is 9.09. The number of halogens is 1. The summed E-state index contributed by atoms with van der Waals surface area (Å²) >= 11 is 5.61. The molecule has 3 nitrogen and oxygen atoms in total. The van der Waals surface area contributed by atoms with Crippen LogP contribution in [0.2, 0.25) is 0 Å². The predicted octanol–water partition coefficient (Wildman–Crippen LogP) is 2.28. The molecule has 2 heterocycles. The van der Waals surface area contributed by atoms with Crippen LogP contribution < -0.4 is 0 Å². The third-order valence-corrected chi connectivity index (χ3v) is 2.96. The van der Waals surface area contributed by atoms with E-state index < -0.39 is 5.97 Å². The minimum Gasteiger partial charge on any atom is -0.327 e. The number of rotatable bonds is 4. The summed E-state index contributed by atoms with van der Waals surface area (Å²) in [6.07, 6.45) is 5.30. The lowest BCUT2D eigenvalue weighted by Crippen LogP contribution is -2.29. The molecular formula is C10H17ClO3. The van der Waals surface area contributed by atoms with Crippen molar-refractivity contribution in [3.05, 3.63) is 0 Å². The molecule has 14 heavy (non-hydrogen) atoms. The van der Waals surface area contributed by atoms with Gasteiger partial charge in [-0.3, -0.25) is 0 Å². The maximum Gasteiger partial charge on any atom is 0.283 e. The van der Waals surface area contributed by atoms with Crippen LogP contribution in [0.15, 0.2) is 0 Å². The van der Waals surface area contributed by atoms with Crippen LogP contribution in [-0.2, 0) is 14.2 Å². The molecule has 4 heteroatoms. The Morgan fingerprint density at radius 1 is 1.29 bits per heavy atom. The summed E-state index contributed by atoms with van der Waals surface area (Å²) in [7, 11) is 0. The van der Waals surface area contributed by atoms with Gasteiger partial charge >= 0.3 is 0 Å². The van der Waals surface area contributed by atoms with Crippen LogP contribution >= 0.6 is 11.6 Å². The fourth-order valence-electron chi connectivity index (χ4n) is 1.95. The molecule has 0 amide bonds. The zero-order valence-electron chi connectivity index (χ0n) is 8.34. The Balaban J connectivity index is 1.71. The van der Waals surface area contributed by atoms with Gasteiger partial charge in [0.05, 0.1) is 19.3 Å². The fourth-order valence-corrected chi connectivity index (χ4v) is 2.13. The van der Waals surface area contributed by atoms with Crippen LogP contribution in [0.4, 0.5) is 0 Å². The topological polar surface area (TPSA) is 27.7 Å². The molecule has 0 saturated carbocycles. The van der Waals surface area contributed by atoms with Gasteiger partial charge in [0, 0.05) is 12.3 Å². The summed E-state index contributed by atoms with van der Waals surface area (Å²) in [5, 5.41) is 0. The molecule has 2 rings (SSSR count). The molecule has 82 valence electrons. The van der Waals surface area contributed by atoms with Gasteiger partial charge in [0.15, 0.2) is 0 Å². The molecule has 0 aliphatic carbocycles. The highest BCUT2D eigenvalue weighted by Crippen LogP contribution is 2.35. The Kier molecular flexibility index (Phi) is 3.66. The van der Waals surface area contributed by atoms with Crippen molar-refractivity contribution >= 4 is 11.6 Å². The first-order valence-electron chi connectivity index (χ1n) is 5.36. The molecule has 2 aliphatic rings. The number of hydrogen-bond donors (Lipinski definition) is 0. The lowest BCUT2D eigenvalue weighted by molar-refractivity contribution is -0.313. The summed E-state index contributed by atoms with van der Waals surface area (Å²) < 4.78 is 16.8. The first kappa shape index (κ1) is 10.7. The summed E-state index contributed by atoms with van der Waals surface area (Å²) in [6.45, 7) is 1.43. The number of hydrogen-bond acceptors (Lipinski definition) is 3. The minimum absolute atomic E-state index is 0.205. The van der Waals surface area contributed by atoms with Crippen molar-refractivity contribution in [2.24, 2.45) is 0 Å². The molecule has 2 fully saturated rings. The highest BCUT2D eigenvalue weighted by atomic mass is 35.5. The lowest BCUT2D eigenvalue weighted by atomic mass is 10.2. The molecule has 2 aliphatic heterocycles. The number of unbranched alkanes of at least 4 members (excludes halogenated alkanes) is 1. The summed E-state index contributed by atoms with van der Waals surface area (Å²) in [5.74, 6) is 0.0564. The smallest absolute Gasteiger partial charge is 0.283 e. The second-order valence-corrected chi connectivity index (χ2v) is 4.25. The van der Waals surface area contributed by atoms with E-state index in [1.54, 1.807) is 0 Å². The lowest BCUT2D eigenvalue weighted by Gasteiger charge is -2.20. The van der Waals surface area contributed by atoms with E-state index >= 15 is 0 Å². The molecule has 0 aromatic rings. The monoisotopic (exact) mass is 220 g/mol. The molecule has 2 atom stereocenters. The van der Waals surface area contributed by atoms with Crippen LogP contribution in [-0.4, -0.2) is 31.2 Å². The van der Waals surface area contributed by atoms with E-state index in [1.807, 2.05) is 0 Å². The van der Waals surface area contributed by atoms with Crippen LogP contribution in [0.3, 0.4) is 0 Å².